The SMILES string of the molecule is CNC1CCCN(S(=O)(=O)c2ccc(F)c(C#N)c2)C1.Cl. The van der Waals surface area contributed by atoms with Gasteiger partial charge < -0.3 is 5.32 Å². The molecule has 0 bridgehead atoms. The van der Waals surface area contributed by atoms with Crippen LogP contribution in [0.15, 0.2) is 23.1 Å². The monoisotopic (exact) mass is 333 g/mol. The van der Waals surface area contributed by atoms with Gasteiger partial charge >= 0.3 is 0 Å². The molecule has 1 heterocycles. The average molecular weight is 334 g/mol. The second kappa shape index (κ2) is 7.18. The summed E-state index contributed by atoms with van der Waals surface area (Å²) in [6.07, 6.45) is 1.70. The number of halogens is 2. The van der Waals surface area contributed by atoms with Gasteiger partial charge in [-0.05, 0) is 38.1 Å². The van der Waals surface area contributed by atoms with E-state index in [0.29, 0.717) is 13.1 Å². The lowest BCUT2D eigenvalue weighted by molar-refractivity contribution is 0.293. The number of hydrogen-bond donors (Lipinski definition) is 1. The Labute approximate surface area is 130 Å². The van der Waals surface area contributed by atoms with Crippen LogP contribution in [0.2, 0.25) is 0 Å². The van der Waals surface area contributed by atoms with Crippen LogP contribution in [0.1, 0.15) is 18.4 Å². The molecule has 1 aliphatic heterocycles. The summed E-state index contributed by atoms with van der Waals surface area (Å²) in [7, 11) is -1.88. The van der Waals surface area contributed by atoms with Crippen LogP contribution in [0, 0.1) is 17.1 Å². The molecule has 21 heavy (non-hydrogen) atoms. The standard InChI is InChI=1S/C13H16FN3O2S.ClH/c1-16-11-3-2-6-17(9-11)20(18,19)12-4-5-13(14)10(7-12)8-15;/h4-5,7,11,16H,2-3,6,9H2,1H3;1H. The molecule has 0 aliphatic carbocycles. The lowest BCUT2D eigenvalue weighted by Crippen LogP contribution is -2.46. The van der Waals surface area contributed by atoms with Crippen LogP contribution >= 0.6 is 12.4 Å². The molecule has 0 spiro atoms. The van der Waals surface area contributed by atoms with Gasteiger partial charge in [-0.1, -0.05) is 0 Å². The second-order valence-corrected chi connectivity index (χ2v) is 6.68. The van der Waals surface area contributed by atoms with Gasteiger partial charge in [0.15, 0.2) is 0 Å². The molecule has 5 nitrogen and oxygen atoms in total. The molecule has 116 valence electrons. The van der Waals surface area contributed by atoms with Gasteiger partial charge in [-0.25, -0.2) is 12.8 Å². The largest absolute Gasteiger partial charge is 0.316 e. The fourth-order valence-corrected chi connectivity index (χ4v) is 3.85. The van der Waals surface area contributed by atoms with Crippen molar-refractivity contribution in [2.75, 3.05) is 20.1 Å². The Kier molecular flexibility index (Phi) is 6.10. The van der Waals surface area contributed by atoms with Crippen LogP contribution in [0.3, 0.4) is 0 Å². The van der Waals surface area contributed by atoms with Gasteiger partial charge in [0, 0.05) is 19.1 Å². The quantitative estimate of drug-likeness (QED) is 0.909. The number of hydrogen-bond acceptors (Lipinski definition) is 4. The first kappa shape index (κ1) is 17.9. The molecule has 1 N–H and O–H groups in total. The molecular weight excluding hydrogens is 317 g/mol. The van der Waals surface area contributed by atoms with E-state index in [4.69, 9.17) is 5.26 Å². The summed E-state index contributed by atoms with van der Waals surface area (Å²) < 4.78 is 39.6. The van der Waals surface area contributed by atoms with Crippen molar-refractivity contribution in [1.29, 1.82) is 5.26 Å². The Hall–Kier alpha value is -1.20. The molecule has 8 heteroatoms. The highest BCUT2D eigenvalue weighted by Crippen LogP contribution is 2.22. The summed E-state index contributed by atoms with van der Waals surface area (Å²) in [5, 5.41) is 11.9. The second-order valence-electron chi connectivity index (χ2n) is 4.74. The van der Waals surface area contributed by atoms with E-state index in [-0.39, 0.29) is 28.9 Å². The highest BCUT2D eigenvalue weighted by Gasteiger charge is 2.30. The average Bonchev–Trinajstić information content (AvgIpc) is 2.47. The van der Waals surface area contributed by atoms with Crippen LogP contribution < -0.4 is 5.32 Å². The zero-order chi connectivity index (χ0) is 14.8. The number of sulfonamides is 1. The van der Waals surface area contributed by atoms with Crippen molar-refractivity contribution in [3.05, 3.63) is 29.6 Å². The van der Waals surface area contributed by atoms with Gasteiger partial charge in [-0.2, -0.15) is 9.57 Å². The molecule has 1 atom stereocenters. The number of nitriles is 1. The normalized spacial score (nSPS) is 19.6. The number of piperidine rings is 1. The molecule has 1 aromatic carbocycles. The van der Waals surface area contributed by atoms with E-state index >= 15 is 0 Å². The van der Waals surface area contributed by atoms with Crippen LogP contribution in [-0.4, -0.2) is 38.9 Å². The van der Waals surface area contributed by atoms with Crippen molar-refractivity contribution in [3.8, 4) is 6.07 Å². The third-order valence-corrected chi connectivity index (χ3v) is 5.35. The molecule has 0 amide bonds. The van der Waals surface area contributed by atoms with Crippen LogP contribution in [0.5, 0.6) is 0 Å². The van der Waals surface area contributed by atoms with E-state index in [1.54, 1.807) is 13.1 Å². The maximum atomic E-state index is 13.3. The number of likely N-dealkylation sites (N-methyl/N-ethyl adjacent to an activating group) is 1. The topological polar surface area (TPSA) is 73.2 Å². The van der Waals surface area contributed by atoms with E-state index in [1.807, 2.05) is 0 Å². The van der Waals surface area contributed by atoms with Crippen molar-refractivity contribution in [2.24, 2.45) is 0 Å². The highest BCUT2D eigenvalue weighted by atomic mass is 35.5. The van der Waals surface area contributed by atoms with Crippen LogP contribution in [0.4, 0.5) is 4.39 Å². The summed E-state index contributed by atoms with van der Waals surface area (Å²) >= 11 is 0. The van der Waals surface area contributed by atoms with Gasteiger partial charge in [0.25, 0.3) is 0 Å². The highest BCUT2D eigenvalue weighted by molar-refractivity contribution is 7.89. The third kappa shape index (κ3) is 3.71. The van der Waals surface area contributed by atoms with E-state index in [9.17, 15) is 12.8 Å². The van der Waals surface area contributed by atoms with Gasteiger partial charge in [-0.3, -0.25) is 0 Å². The van der Waals surface area contributed by atoms with Gasteiger partial charge in [-0.15, -0.1) is 12.4 Å². The fraction of sp³-hybridized carbons (Fsp3) is 0.462. The smallest absolute Gasteiger partial charge is 0.243 e. The van der Waals surface area contributed by atoms with Gasteiger partial charge in [0.05, 0.1) is 10.5 Å². The first-order chi connectivity index (χ1) is 9.48. The number of rotatable bonds is 3. The maximum Gasteiger partial charge on any atom is 0.243 e. The first-order valence-electron chi connectivity index (χ1n) is 6.36. The minimum atomic E-state index is -3.68. The Morgan fingerprint density at radius 3 is 2.81 bits per heavy atom. The van der Waals surface area contributed by atoms with Crippen molar-refractivity contribution >= 4 is 22.4 Å². The minimum absolute atomic E-state index is 0. The summed E-state index contributed by atoms with van der Waals surface area (Å²) in [6.45, 7) is 0.831. The minimum Gasteiger partial charge on any atom is -0.316 e. The van der Waals surface area contributed by atoms with Crippen molar-refractivity contribution in [2.45, 2.75) is 23.8 Å². The summed E-state index contributed by atoms with van der Waals surface area (Å²) in [5.74, 6) is -0.710. The maximum absolute atomic E-state index is 13.3. The number of nitrogens with zero attached hydrogens (tertiary/aromatic N) is 2. The summed E-state index contributed by atoms with van der Waals surface area (Å²) in [5.41, 5.74) is -0.256. The lowest BCUT2D eigenvalue weighted by Gasteiger charge is -2.31. The zero-order valence-corrected chi connectivity index (χ0v) is 13.2. The zero-order valence-electron chi connectivity index (χ0n) is 11.5. The molecule has 1 aromatic rings. The predicted molar refractivity (Wildman–Crippen MR) is 79.2 cm³/mol. The van der Waals surface area contributed by atoms with E-state index in [2.05, 4.69) is 5.32 Å². The predicted octanol–water partition coefficient (Wildman–Crippen LogP) is 1.49. The Balaban J connectivity index is 0.00000220. The van der Waals surface area contributed by atoms with E-state index in [1.165, 1.54) is 10.4 Å². The van der Waals surface area contributed by atoms with Crippen molar-refractivity contribution < 1.29 is 12.8 Å². The first-order valence-corrected chi connectivity index (χ1v) is 7.80. The van der Waals surface area contributed by atoms with E-state index in [0.717, 1.165) is 25.0 Å². The molecule has 1 unspecified atom stereocenters. The Bertz CT molecular complexity index is 645. The van der Waals surface area contributed by atoms with Gasteiger partial charge in [0.2, 0.25) is 10.0 Å². The van der Waals surface area contributed by atoms with E-state index < -0.39 is 15.8 Å². The Morgan fingerprint density at radius 2 is 2.19 bits per heavy atom. The fourth-order valence-electron chi connectivity index (χ4n) is 2.30. The lowest BCUT2D eigenvalue weighted by atomic mass is 10.1. The van der Waals surface area contributed by atoms with Crippen LogP contribution in [0.25, 0.3) is 0 Å². The number of nitrogens with one attached hydrogen (secondary N) is 1. The van der Waals surface area contributed by atoms with Crippen LogP contribution in [-0.2, 0) is 10.0 Å². The molecule has 0 saturated carbocycles. The summed E-state index contributed by atoms with van der Waals surface area (Å²) in [4.78, 5) is -0.0350. The molecular formula is C13H17ClFN3O2S. The molecule has 0 aromatic heterocycles. The Morgan fingerprint density at radius 1 is 1.48 bits per heavy atom. The molecule has 0 radical (unpaired) electrons. The molecule has 1 fully saturated rings. The molecule has 1 saturated heterocycles. The third-order valence-electron chi connectivity index (χ3n) is 3.49. The van der Waals surface area contributed by atoms with Crippen molar-refractivity contribution in [3.63, 3.8) is 0 Å². The van der Waals surface area contributed by atoms with Gasteiger partial charge in [0.1, 0.15) is 11.9 Å². The number of benzene rings is 1. The summed E-state index contributed by atoms with van der Waals surface area (Å²) in [6, 6.07) is 5.09. The van der Waals surface area contributed by atoms with Crippen molar-refractivity contribution in [1.82, 2.24) is 9.62 Å². The molecule has 2 rings (SSSR count). The molecule has 1 aliphatic rings.